The molecular weight excluding hydrogens is 212 g/mol. The summed E-state index contributed by atoms with van der Waals surface area (Å²) in [5, 5.41) is 8.90. The van der Waals surface area contributed by atoms with Crippen molar-refractivity contribution in [2.24, 2.45) is 0 Å². The lowest BCUT2D eigenvalue weighted by molar-refractivity contribution is 0.130. The highest BCUT2D eigenvalue weighted by Gasteiger charge is 2.02. The van der Waals surface area contributed by atoms with Crippen molar-refractivity contribution in [2.75, 3.05) is 6.61 Å². The third kappa shape index (κ3) is 3.08. The topological polar surface area (TPSA) is 29.5 Å². The second-order valence-corrected chi connectivity index (χ2v) is 4.00. The van der Waals surface area contributed by atoms with Crippen LogP contribution in [-0.2, 0) is 0 Å². The molecule has 0 heterocycles. The van der Waals surface area contributed by atoms with Crippen LogP contribution in [0.3, 0.4) is 0 Å². The number of hydrogen-bond acceptors (Lipinski definition) is 2. The Hall–Kier alpha value is -1.80. The summed E-state index contributed by atoms with van der Waals surface area (Å²) in [6.45, 7) is 1.87. The summed E-state index contributed by atoms with van der Waals surface area (Å²) in [6, 6.07) is 18.1. The van der Waals surface area contributed by atoms with Crippen LogP contribution in [0.1, 0.15) is 6.92 Å². The van der Waals surface area contributed by atoms with Crippen LogP contribution >= 0.6 is 0 Å². The molecule has 2 rings (SSSR count). The molecule has 2 aromatic rings. The first-order chi connectivity index (χ1) is 8.29. The Morgan fingerprint density at radius 3 is 2.12 bits per heavy atom. The quantitative estimate of drug-likeness (QED) is 0.871. The van der Waals surface area contributed by atoms with Crippen LogP contribution in [0.5, 0.6) is 5.75 Å². The molecular formula is C15H16O2. The molecule has 1 atom stereocenters. The molecule has 0 aliphatic heterocycles. The molecule has 0 saturated carbocycles. The summed E-state index contributed by atoms with van der Waals surface area (Å²) in [6.07, 6.45) is -0.169. The van der Waals surface area contributed by atoms with Crippen LogP contribution < -0.4 is 4.74 Å². The van der Waals surface area contributed by atoms with Gasteiger partial charge in [-0.3, -0.25) is 0 Å². The van der Waals surface area contributed by atoms with Gasteiger partial charge < -0.3 is 9.84 Å². The van der Waals surface area contributed by atoms with Gasteiger partial charge in [0.15, 0.2) is 0 Å². The molecule has 0 aliphatic rings. The molecule has 0 aliphatic carbocycles. The molecule has 0 saturated heterocycles. The monoisotopic (exact) mass is 228 g/mol. The number of hydrogen-bond donors (Lipinski definition) is 1. The molecule has 2 aromatic carbocycles. The summed E-state index contributed by atoms with van der Waals surface area (Å²) < 4.78 is 5.50. The van der Waals surface area contributed by atoms with Crippen molar-refractivity contribution in [2.45, 2.75) is 13.0 Å². The predicted octanol–water partition coefficient (Wildman–Crippen LogP) is 3.11. The standard InChI is InChI=1S/C15H16O2/c1-12(11-16)17-15-9-7-14(8-10-15)13-5-3-2-4-6-13/h2-10,12,16H,11H2,1H3. The van der Waals surface area contributed by atoms with Crippen LogP contribution in [0.4, 0.5) is 0 Å². The Kier molecular flexibility index (Phi) is 3.78. The molecule has 0 spiro atoms. The van der Waals surface area contributed by atoms with Gasteiger partial charge in [-0.15, -0.1) is 0 Å². The van der Waals surface area contributed by atoms with E-state index in [1.165, 1.54) is 5.56 Å². The second-order valence-electron chi connectivity index (χ2n) is 4.00. The van der Waals surface area contributed by atoms with Gasteiger partial charge in [-0.1, -0.05) is 42.5 Å². The maximum Gasteiger partial charge on any atom is 0.119 e. The fraction of sp³-hybridized carbons (Fsp3) is 0.200. The first-order valence-electron chi connectivity index (χ1n) is 5.72. The van der Waals surface area contributed by atoms with Gasteiger partial charge in [0.2, 0.25) is 0 Å². The summed E-state index contributed by atoms with van der Waals surface area (Å²) in [5.41, 5.74) is 2.35. The van der Waals surface area contributed by atoms with Gasteiger partial charge in [-0.05, 0) is 30.2 Å². The molecule has 0 bridgehead atoms. The number of aliphatic hydroxyl groups excluding tert-OH is 1. The fourth-order valence-electron chi connectivity index (χ4n) is 1.63. The smallest absolute Gasteiger partial charge is 0.119 e. The van der Waals surface area contributed by atoms with Crippen molar-refractivity contribution in [3.63, 3.8) is 0 Å². The Bertz CT molecular complexity index is 448. The zero-order chi connectivity index (χ0) is 12.1. The van der Waals surface area contributed by atoms with Gasteiger partial charge in [0.05, 0.1) is 6.61 Å². The van der Waals surface area contributed by atoms with E-state index in [0.29, 0.717) is 0 Å². The first kappa shape index (κ1) is 11.7. The molecule has 0 fully saturated rings. The van der Waals surface area contributed by atoms with E-state index < -0.39 is 0 Å². The highest BCUT2D eigenvalue weighted by atomic mass is 16.5. The van der Waals surface area contributed by atoms with Crippen LogP contribution in [0, 0.1) is 0 Å². The van der Waals surface area contributed by atoms with Crippen molar-refractivity contribution in [3.8, 4) is 16.9 Å². The minimum Gasteiger partial charge on any atom is -0.488 e. The first-order valence-corrected chi connectivity index (χ1v) is 5.72. The SMILES string of the molecule is CC(CO)Oc1ccc(-c2ccccc2)cc1. The van der Waals surface area contributed by atoms with E-state index in [2.05, 4.69) is 12.1 Å². The molecule has 0 aromatic heterocycles. The zero-order valence-corrected chi connectivity index (χ0v) is 9.84. The molecule has 0 radical (unpaired) electrons. The van der Waals surface area contributed by atoms with Crippen LogP contribution in [-0.4, -0.2) is 17.8 Å². The van der Waals surface area contributed by atoms with E-state index >= 15 is 0 Å². The van der Waals surface area contributed by atoms with Gasteiger partial charge in [-0.25, -0.2) is 0 Å². The van der Waals surface area contributed by atoms with E-state index in [9.17, 15) is 0 Å². The average Bonchev–Trinajstić information content (AvgIpc) is 2.40. The molecule has 17 heavy (non-hydrogen) atoms. The van der Waals surface area contributed by atoms with Crippen molar-refractivity contribution < 1.29 is 9.84 Å². The van der Waals surface area contributed by atoms with Crippen LogP contribution in [0.25, 0.3) is 11.1 Å². The molecule has 1 N–H and O–H groups in total. The molecule has 1 unspecified atom stereocenters. The average molecular weight is 228 g/mol. The third-order valence-corrected chi connectivity index (χ3v) is 2.56. The largest absolute Gasteiger partial charge is 0.488 e. The van der Waals surface area contributed by atoms with Gasteiger partial charge in [0.1, 0.15) is 11.9 Å². The minimum absolute atomic E-state index is 0.0282. The lowest BCUT2D eigenvalue weighted by atomic mass is 10.1. The van der Waals surface area contributed by atoms with E-state index in [1.54, 1.807) is 0 Å². The van der Waals surface area contributed by atoms with Crippen molar-refractivity contribution in [3.05, 3.63) is 54.6 Å². The Morgan fingerprint density at radius 2 is 1.53 bits per heavy atom. The zero-order valence-electron chi connectivity index (χ0n) is 9.84. The predicted molar refractivity (Wildman–Crippen MR) is 69.1 cm³/mol. The molecule has 88 valence electrons. The van der Waals surface area contributed by atoms with Gasteiger partial charge in [0.25, 0.3) is 0 Å². The Balaban J connectivity index is 2.13. The van der Waals surface area contributed by atoms with Gasteiger partial charge in [0, 0.05) is 0 Å². The highest BCUT2D eigenvalue weighted by molar-refractivity contribution is 5.63. The number of ether oxygens (including phenoxy) is 1. The number of rotatable bonds is 4. The van der Waals surface area contributed by atoms with Crippen molar-refractivity contribution in [1.82, 2.24) is 0 Å². The maximum atomic E-state index is 8.90. The summed E-state index contributed by atoms with van der Waals surface area (Å²) >= 11 is 0. The number of benzene rings is 2. The number of aliphatic hydroxyl groups is 1. The summed E-state index contributed by atoms with van der Waals surface area (Å²) in [4.78, 5) is 0. The summed E-state index contributed by atoms with van der Waals surface area (Å²) in [7, 11) is 0. The Labute approximate surface area is 101 Å². The van der Waals surface area contributed by atoms with Gasteiger partial charge >= 0.3 is 0 Å². The van der Waals surface area contributed by atoms with E-state index in [0.717, 1.165) is 11.3 Å². The van der Waals surface area contributed by atoms with Gasteiger partial charge in [-0.2, -0.15) is 0 Å². The second kappa shape index (κ2) is 5.51. The maximum absolute atomic E-state index is 8.90. The van der Waals surface area contributed by atoms with Crippen LogP contribution in [0.2, 0.25) is 0 Å². The minimum atomic E-state index is -0.169. The highest BCUT2D eigenvalue weighted by Crippen LogP contribution is 2.22. The molecule has 2 heteroatoms. The van der Waals surface area contributed by atoms with Crippen molar-refractivity contribution >= 4 is 0 Å². The molecule has 2 nitrogen and oxygen atoms in total. The normalized spacial score (nSPS) is 12.1. The van der Waals surface area contributed by atoms with E-state index in [-0.39, 0.29) is 12.7 Å². The summed E-state index contributed by atoms with van der Waals surface area (Å²) in [5.74, 6) is 0.784. The van der Waals surface area contributed by atoms with Crippen LogP contribution in [0.15, 0.2) is 54.6 Å². The lowest BCUT2D eigenvalue weighted by Crippen LogP contribution is -2.15. The fourth-order valence-corrected chi connectivity index (χ4v) is 1.63. The van der Waals surface area contributed by atoms with E-state index in [4.69, 9.17) is 9.84 Å². The van der Waals surface area contributed by atoms with Crippen molar-refractivity contribution in [1.29, 1.82) is 0 Å². The van der Waals surface area contributed by atoms with E-state index in [1.807, 2.05) is 49.4 Å². The Morgan fingerprint density at radius 1 is 0.941 bits per heavy atom. The lowest BCUT2D eigenvalue weighted by Gasteiger charge is -2.12. The molecule has 0 amide bonds. The third-order valence-electron chi connectivity index (χ3n) is 2.56.